The molecule has 3 nitrogen and oxygen atoms in total. The highest BCUT2D eigenvalue weighted by molar-refractivity contribution is 6.31. The molecule has 0 saturated heterocycles. The Morgan fingerprint density at radius 3 is 2.76 bits per heavy atom. The number of Topliss-reactive ketones (excluding diaryl/α,β-unsaturated/α-hetero) is 1. The Hall–Kier alpha value is -1.06. The molecule has 4 heteroatoms. The quantitative estimate of drug-likeness (QED) is 0.794. The fraction of sp³-hybridized carbons (Fsp3) is 0.462. The van der Waals surface area contributed by atoms with Crippen LogP contribution in [0.25, 0.3) is 0 Å². The largest absolute Gasteiger partial charge is 0.496 e. The van der Waals surface area contributed by atoms with Crippen molar-refractivity contribution in [2.24, 2.45) is 0 Å². The molecule has 0 atom stereocenters. The van der Waals surface area contributed by atoms with Crippen LogP contribution >= 0.6 is 11.6 Å². The standard InChI is InChI=1S/C13H18ClNO2/c1-9-6-13(17-3)11(7-12(9)14)4-5-15-8-10(2)16/h6-7,15H,4-5,8H2,1-3H3. The monoisotopic (exact) mass is 255 g/mol. The second kappa shape index (κ2) is 6.62. The van der Waals surface area contributed by atoms with Crippen LogP contribution in [0.1, 0.15) is 18.1 Å². The number of aryl methyl sites for hydroxylation is 1. The average Bonchev–Trinajstić information content (AvgIpc) is 2.28. The summed E-state index contributed by atoms with van der Waals surface area (Å²) in [7, 11) is 1.65. The van der Waals surface area contributed by atoms with Crippen LogP contribution in [0.4, 0.5) is 0 Å². The summed E-state index contributed by atoms with van der Waals surface area (Å²) < 4.78 is 5.31. The summed E-state index contributed by atoms with van der Waals surface area (Å²) in [5.74, 6) is 0.982. The topological polar surface area (TPSA) is 38.3 Å². The molecule has 0 fully saturated rings. The molecule has 1 aromatic carbocycles. The van der Waals surface area contributed by atoms with Gasteiger partial charge in [0.1, 0.15) is 11.5 Å². The zero-order valence-electron chi connectivity index (χ0n) is 10.5. The molecule has 0 aliphatic carbocycles. The van der Waals surface area contributed by atoms with Gasteiger partial charge in [-0.3, -0.25) is 4.79 Å². The minimum atomic E-state index is 0.138. The van der Waals surface area contributed by atoms with Crippen LogP contribution in [0.3, 0.4) is 0 Å². The summed E-state index contributed by atoms with van der Waals surface area (Å²) in [4.78, 5) is 10.8. The van der Waals surface area contributed by atoms with E-state index in [1.165, 1.54) is 0 Å². The molecule has 94 valence electrons. The van der Waals surface area contributed by atoms with E-state index in [1.54, 1.807) is 14.0 Å². The number of nitrogens with one attached hydrogen (secondary N) is 1. The van der Waals surface area contributed by atoms with Crippen molar-refractivity contribution in [3.63, 3.8) is 0 Å². The van der Waals surface area contributed by atoms with E-state index in [0.717, 1.165) is 34.9 Å². The van der Waals surface area contributed by atoms with Gasteiger partial charge in [0, 0.05) is 5.02 Å². The lowest BCUT2D eigenvalue weighted by Crippen LogP contribution is -2.23. The maximum atomic E-state index is 10.8. The molecule has 1 aromatic rings. The average molecular weight is 256 g/mol. The zero-order chi connectivity index (χ0) is 12.8. The highest BCUT2D eigenvalue weighted by Crippen LogP contribution is 2.26. The molecule has 17 heavy (non-hydrogen) atoms. The molecule has 0 amide bonds. The van der Waals surface area contributed by atoms with E-state index in [1.807, 2.05) is 19.1 Å². The van der Waals surface area contributed by atoms with Gasteiger partial charge in [0.15, 0.2) is 0 Å². The number of methoxy groups -OCH3 is 1. The van der Waals surface area contributed by atoms with E-state index >= 15 is 0 Å². The first-order valence-electron chi connectivity index (χ1n) is 5.57. The Kier molecular flexibility index (Phi) is 5.45. The van der Waals surface area contributed by atoms with Gasteiger partial charge in [-0.1, -0.05) is 11.6 Å². The molecule has 0 aliphatic heterocycles. The van der Waals surface area contributed by atoms with Crippen molar-refractivity contribution < 1.29 is 9.53 Å². The predicted octanol–water partition coefficient (Wildman–Crippen LogP) is 2.38. The van der Waals surface area contributed by atoms with Gasteiger partial charge in [-0.15, -0.1) is 0 Å². The fourth-order valence-corrected chi connectivity index (χ4v) is 1.76. The normalized spacial score (nSPS) is 10.4. The van der Waals surface area contributed by atoms with Crippen LogP contribution in [0, 0.1) is 6.92 Å². The molecule has 0 heterocycles. The third kappa shape index (κ3) is 4.36. The van der Waals surface area contributed by atoms with Gasteiger partial charge in [-0.05, 0) is 50.1 Å². The Bertz CT molecular complexity index is 405. The molecule has 0 saturated carbocycles. The van der Waals surface area contributed by atoms with Crippen molar-refractivity contribution in [2.75, 3.05) is 20.2 Å². The third-order valence-corrected chi connectivity index (χ3v) is 2.91. The summed E-state index contributed by atoms with van der Waals surface area (Å²) >= 11 is 6.08. The Balaban J connectivity index is 2.63. The van der Waals surface area contributed by atoms with E-state index in [4.69, 9.17) is 16.3 Å². The fourth-order valence-electron chi connectivity index (χ4n) is 1.57. The highest BCUT2D eigenvalue weighted by Gasteiger charge is 2.06. The molecule has 0 bridgehead atoms. The van der Waals surface area contributed by atoms with Gasteiger partial charge in [0.2, 0.25) is 0 Å². The molecule has 0 unspecified atom stereocenters. The lowest BCUT2D eigenvalue weighted by molar-refractivity contribution is -0.116. The molecule has 0 aromatic heterocycles. The minimum absolute atomic E-state index is 0.138. The maximum absolute atomic E-state index is 10.8. The zero-order valence-corrected chi connectivity index (χ0v) is 11.2. The molecule has 0 aliphatic rings. The second-order valence-corrected chi connectivity index (χ2v) is 4.45. The van der Waals surface area contributed by atoms with Crippen molar-refractivity contribution in [2.45, 2.75) is 20.3 Å². The number of ketones is 1. The van der Waals surface area contributed by atoms with E-state index < -0.39 is 0 Å². The van der Waals surface area contributed by atoms with Gasteiger partial charge in [-0.2, -0.15) is 0 Å². The molecule has 1 N–H and O–H groups in total. The van der Waals surface area contributed by atoms with Crippen molar-refractivity contribution >= 4 is 17.4 Å². The van der Waals surface area contributed by atoms with E-state index in [0.29, 0.717) is 6.54 Å². The summed E-state index contributed by atoms with van der Waals surface area (Å²) in [6.45, 7) is 4.65. The lowest BCUT2D eigenvalue weighted by Gasteiger charge is -2.11. The third-order valence-electron chi connectivity index (χ3n) is 2.51. The molecular formula is C13H18ClNO2. The van der Waals surface area contributed by atoms with Crippen LogP contribution in [-0.2, 0) is 11.2 Å². The first-order valence-corrected chi connectivity index (χ1v) is 5.95. The van der Waals surface area contributed by atoms with E-state index in [2.05, 4.69) is 5.32 Å². The summed E-state index contributed by atoms with van der Waals surface area (Å²) in [6.07, 6.45) is 0.788. The van der Waals surface area contributed by atoms with Crippen LogP contribution in [0.5, 0.6) is 5.75 Å². The number of rotatable bonds is 6. The van der Waals surface area contributed by atoms with Gasteiger partial charge in [0.05, 0.1) is 13.7 Å². The molecule has 1 rings (SSSR count). The molecular weight excluding hydrogens is 238 g/mol. The predicted molar refractivity (Wildman–Crippen MR) is 70.0 cm³/mol. The lowest BCUT2D eigenvalue weighted by atomic mass is 10.1. The highest BCUT2D eigenvalue weighted by atomic mass is 35.5. The first-order chi connectivity index (χ1) is 8.04. The van der Waals surface area contributed by atoms with E-state index in [-0.39, 0.29) is 5.78 Å². The number of carbonyl (C=O) groups is 1. The minimum Gasteiger partial charge on any atom is -0.496 e. The Labute approximate surface area is 107 Å². The number of halogens is 1. The van der Waals surface area contributed by atoms with Gasteiger partial charge < -0.3 is 10.1 Å². The van der Waals surface area contributed by atoms with Crippen molar-refractivity contribution in [1.29, 1.82) is 0 Å². The Morgan fingerprint density at radius 1 is 1.47 bits per heavy atom. The number of benzene rings is 1. The van der Waals surface area contributed by atoms with Crippen LogP contribution < -0.4 is 10.1 Å². The van der Waals surface area contributed by atoms with Gasteiger partial charge in [0.25, 0.3) is 0 Å². The van der Waals surface area contributed by atoms with Crippen molar-refractivity contribution in [1.82, 2.24) is 5.32 Å². The molecule has 0 radical (unpaired) electrons. The second-order valence-electron chi connectivity index (χ2n) is 4.04. The number of ether oxygens (including phenoxy) is 1. The van der Waals surface area contributed by atoms with E-state index in [9.17, 15) is 4.79 Å². The van der Waals surface area contributed by atoms with Gasteiger partial charge >= 0.3 is 0 Å². The van der Waals surface area contributed by atoms with Gasteiger partial charge in [-0.25, -0.2) is 0 Å². The Morgan fingerprint density at radius 2 is 2.18 bits per heavy atom. The summed E-state index contributed by atoms with van der Waals surface area (Å²) in [5, 5.41) is 3.81. The van der Waals surface area contributed by atoms with Crippen molar-refractivity contribution in [3.8, 4) is 5.75 Å². The number of carbonyl (C=O) groups excluding carboxylic acids is 1. The summed E-state index contributed by atoms with van der Waals surface area (Å²) in [6, 6.07) is 3.85. The van der Waals surface area contributed by atoms with Crippen LogP contribution in [0.2, 0.25) is 5.02 Å². The van der Waals surface area contributed by atoms with Crippen molar-refractivity contribution in [3.05, 3.63) is 28.3 Å². The smallest absolute Gasteiger partial charge is 0.143 e. The van der Waals surface area contributed by atoms with Crippen LogP contribution in [0.15, 0.2) is 12.1 Å². The first kappa shape index (κ1) is 14.0. The maximum Gasteiger partial charge on any atom is 0.143 e. The van der Waals surface area contributed by atoms with Crippen LogP contribution in [-0.4, -0.2) is 26.0 Å². The SMILES string of the molecule is COc1cc(C)c(Cl)cc1CCNCC(C)=O. The molecule has 0 spiro atoms. The summed E-state index contributed by atoms with van der Waals surface area (Å²) in [5.41, 5.74) is 2.06. The number of hydrogen-bond acceptors (Lipinski definition) is 3. The number of hydrogen-bond donors (Lipinski definition) is 1.